The number of carbonyl (C=O) groups is 2. The third-order valence-electron chi connectivity index (χ3n) is 8.16. The Labute approximate surface area is 244 Å². The maximum Gasteiger partial charge on any atom is 0.275 e. The van der Waals surface area contributed by atoms with E-state index in [1.54, 1.807) is 12.1 Å². The normalized spacial score (nSPS) is 23.0. The van der Waals surface area contributed by atoms with Gasteiger partial charge in [-0.15, -0.1) is 10.2 Å². The molecule has 2 amide bonds. The average molecular weight is 578 g/mol. The van der Waals surface area contributed by atoms with E-state index >= 15 is 0 Å². The monoisotopic (exact) mass is 577 g/mol. The van der Waals surface area contributed by atoms with Crippen molar-refractivity contribution in [1.29, 1.82) is 0 Å². The number of aromatic amines is 1. The molecular weight excluding hydrogens is 540 g/mol. The van der Waals surface area contributed by atoms with E-state index in [1.807, 2.05) is 17.0 Å². The smallest absolute Gasteiger partial charge is 0.275 e. The maximum atomic E-state index is 14.3. The van der Waals surface area contributed by atoms with Crippen LogP contribution in [0.4, 0.5) is 8.78 Å². The Hall–Kier alpha value is -4.02. The zero-order chi connectivity index (χ0) is 30.0. The predicted octanol–water partition coefficient (Wildman–Crippen LogP) is 5.37. The lowest BCUT2D eigenvalue weighted by molar-refractivity contribution is -0.134. The summed E-state index contributed by atoms with van der Waals surface area (Å²) in [6.07, 6.45) is 3.88. The molecule has 2 heterocycles. The van der Waals surface area contributed by atoms with Crippen LogP contribution in [0.1, 0.15) is 93.2 Å². The molecule has 5 rings (SSSR count). The molecular formula is C31H37F2N7O2. The van der Waals surface area contributed by atoms with Crippen LogP contribution in [0, 0.1) is 29.4 Å². The molecule has 2 N–H and O–H groups in total. The molecule has 1 aliphatic carbocycles. The van der Waals surface area contributed by atoms with Crippen molar-refractivity contribution in [2.75, 3.05) is 0 Å². The fourth-order valence-electron chi connectivity index (χ4n) is 6.58. The van der Waals surface area contributed by atoms with E-state index in [0.29, 0.717) is 48.4 Å². The van der Waals surface area contributed by atoms with Crippen molar-refractivity contribution in [2.45, 2.75) is 78.0 Å². The first-order chi connectivity index (χ1) is 20.0. The van der Waals surface area contributed by atoms with Crippen molar-refractivity contribution in [2.24, 2.45) is 22.7 Å². The first-order valence-electron chi connectivity index (χ1n) is 14.5. The maximum absolute atomic E-state index is 14.3. The number of halogens is 2. The summed E-state index contributed by atoms with van der Waals surface area (Å²) in [6, 6.07) is 10.1. The molecule has 9 nitrogen and oxygen atoms in total. The summed E-state index contributed by atoms with van der Waals surface area (Å²) in [5.41, 5.74) is 0.766. The molecule has 1 aromatic heterocycles. The number of hydrogen-bond donors (Lipinski definition) is 2. The first-order valence-corrected chi connectivity index (χ1v) is 14.5. The standard InChI is InChI=1S/C31H37F2N7O2/c1-18(2)5-10-26(21-6-8-22(9-7-21)29(41)34-17-27-36-38-39-37-27)40-30(42)28(23-12-24(32)14-25(33)13-23)35-31(40)15-19(3)11-20(4)16-31/h6-9,12-14,18-20,26H,5,10-11,15-17H2,1-4H3,(H,34,41)(H,36,37,38,39)/t19?,20?,26-,31?/m1/s1. The molecule has 1 spiro atoms. The van der Waals surface area contributed by atoms with Gasteiger partial charge >= 0.3 is 0 Å². The van der Waals surface area contributed by atoms with E-state index in [1.165, 1.54) is 12.1 Å². The number of tetrazole rings is 1. The Morgan fingerprint density at radius 3 is 2.33 bits per heavy atom. The molecule has 0 saturated heterocycles. The minimum atomic E-state index is -0.825. The number of aromatic nitrogens is 4. The summed E-state index contributed by atoms with van der Waals surface area (Å²) >= 11 is 0. The Balaban J connectivity index is 1.51. The molecule has 11 heteroatoms. The number of hydrogen-bond acceptors (Lipinski definition) is 6. The fraction of sp³-hybridized carbons (Fsp3) is 0.484. The summed E-state index contributed by atoms with van der Waals surface area (Å²) in [5, 5.41) is 16.3. The van der Waals surface area contributed by atoms with Gasteiger partial charge in [-0.25, -0.2) is 8.78 Å². The van der Waals surface area contributed by atoms with Gasteiger partial charge in [-0.1, -0.05) is 45.0 Å². The van der Waals surface area contributed by atoms with Gasteiger partial charge in [-0.05, 0) is 79.7 Å². The van der Waals surface area contributed by atoms with Gasteiger partial charge in [0.05, 0.1) is 12.6 Å². The number of amides is 2. The van der Waals surface area contributed by atoms with Crippen LogP contribution in [0.3, 0.4) is 0 Å². The lowest BCUT2D eigenvalue weighted by atomic mass is 9.75. The molecule has 0 bridgehead atoms. The van der Waals surface area contributed by atoms with Crippen LogP contribution < -0.4 is 5.32 Å². The van der Waals surface area contributed by atoms with Crippen molar-refractivity contribution >= 4 is 17.5 Å². The lowest BCUT2D eigenvalue weighted by Crippen LogP contribution is -2.52. The van der Waals surface area contributed by atoms with E-state index < -0.39 is 17.3 Å². The molecule has 2 aromatic carbocycles. The SMILES string of the molecule is CC(C)CC[C@H](c1ccc(C(=O)NCc2nn[nH]n2)cc1)N1C(=O)C(c2cc(F)cc(F)c2)=NC12CC(C)CC(C)C2. The summed E-state index contributed by atoms with van der Waals surface area (Å²) < 4.78 is 28.5. The first kappa shape index (κ1) is 29.5. The van der Waals surface area contributed by atoms with Gasteiger partial charge in [-0.3, -0.25) is 14.6 Å². The quantitative estimate of drug-likeness (QED) is 0.355. The number of aliphatic imine (C=N–C) groups is 1. The van der Waals surface area contributed by atoms with Crippen molar-refractivity contribution in [1.82, 2.24) is 30.8 Å². The zero-order valence-electron chi connectivity index (χ0n) is 24.4. The van der Waals surface area contributed by atoms with E-state index in [4.69, 9.17) is 4.99 Å². The summed E-state index contributed by atoms with van der Waals surface area (Å²) in [4.78, 5) is 34.0. The van der Waals surface area contributed by atoms with Crippen LogP contribution in [-0.2, 0) is 11.3 Å². The minimum absolute atomic E-state index is 0.0988. The predicted molar refractivity (Wildman–Crippen MR) is 153 cm³/mol. The van der Waals surface area contributed by atoms with Crippen molar-refractivity contribution in [3.8, 4) is 0 Å². The Morgan fingerprint density at radius 2 is 1.74 bits per heavy atom. The molecule has 2 unspecified atom stereocenters. The molecule has 222 valence electrons. The Morgan fingerprint density at radius 1 is 1.07 bits per heavy atom. The third-order valence-corrected chi connectivity index (χ3v) is 8.16. The van der Waals surface area contributed by atoms with Gasteiger partial charge in [0, 0.05) is 17.2 Å². The van der Waals surface area contributed by atoms with Crippen molar-refractivity contribution in [3.05, 3.63) is 76.6 Å². The lowest BCUT2D eigenvalue weighted by Gasteiger charge is -2.47. The Kier molecular flexibility index (Phi) is 8.47. The molecule has 0 radical (unpaired) electrons. The van der Waals surface area contributed by atoms with Crippen LogP contribution >= 0.6 is 0 Å². The molecule has 3 atom stereocenters. The summed E-state index contributed by atoms with van der Waals surface area (Å²) in [6.45, 7) is 8.74. The number of nitrogens with zero attached hydrogens (tertiary/aromatic N) is 5. The number of benzene rings is 2. The van der Waals surface area contributed by atoms with Crippen LogP contribution in [0.5, 0.6) is 0 Å². The van der Waals surface area contributed by atoms with Crippen LogP contribution in [0.15, 0.2) is 47.5 Å². The second-order valence-electron chi connectivity index (χ2n) is 12.3. The largest absolute Gasteiger partial charge is 0.345 e. The van der Waals surface area contributed by atoms with E-state index in [-0.39, 0.29) is 35.7 Å². The molecule has 3 aromatic rings. The summed E-state index contributed by atoms with van der Waals surface area (Å²) in [7, 11) is 0. The van der Waals surface area contributed by atoms with Crippen molar-refractivity contribution in [3.63, 3.8) is 0 Å². The highest BCUT2D eigenvalue weighted by Gasteiger charge is 2.53. The molecule has 2 aliphatic rings. The van der Waals surface area contributed by atoms with Gasteiger partial charge < -0.3 is 10.2 Å². The van der Waals surface area contributed by atoms with E-state index in [2.05, 4.69) is 53.6 Å². The number of H-pyrrole nitrogens is 1. The van der Waals surface area contributed by atoms with Gasteiger partial charge in [0.15, 0.2) is 5.82 Å². The number of nitrogens with one attached hydrogen (secondary N) is 2. The van der Waals surface area contributed by atoms with Crippen LogP contribution in [0.2, 0.25) is 0 Å². The number of rotatable bonds is 9. The Bertz CT molecular complexity index is 1430. The highest BCUT2D eigenvalue weighted by molar-refractivity contribution is 6.46. The van der Waals surface area contributed by atoms with E-state index in [9.17, 15) is 18.4 Å². The molecule has 1 saturated carbocycles. The minimum Gasteiger partial charge on any atom is -0.345 e. The highest BCUT2D eigenvalue weighted by Crippen LogP contribution is 2.48. The van der Waals surface area contributed by atoms with Crippen molar-refractivity contribution < 1.29 is 18.4 Å². The van der Waals surface area contributed by atoms with E-state index in [0.717, 1.165) is 24.5 Å². The second-order valence-corrected chi connectivity index (χ2v) is 12.3. The molecule has 1 fully saturated rings. The van der Waals surface area contributed by atoms with Gasteiger partial charge in [-0.2, -0.15) is 5.21 Å². The van der Waals surface area contributed by atoms with Crippen LogP contribution in [0.25, 0.3) is 0 Å². The highest BCUT2D eigenvalue weighted by atomic mass is 19.1. The number of carbonyl (C=O) groups excluding carboxylic acids is 2. The topological polar surface area (TPSA) is 116 Å². The molecule has 42 heavy (non-hydrogen) atoms. The van der Waals surface area contributed by atoms with Gasteiger partial charge in [0.2, 0.25) is 0 Å². The van der Waals surface area contributed by atoms with Crippen LogP contribution in [-0.4, -0.2) is 48.7 Å². The van der Waals surface area contributed by atoms with Gasteiger partial charge in [0.25, 0.3) is 11.8 Å². The average Bonchev–Trinajstić information content (AvgIpc) is 3.53. The zero-order valence-corrected chi connectivity index (χ0v) is 24.4. The van der Waals surface area contributed by atoms with Gasteiger partial charge in [0.1, 0.15) is 23.0 Å². The molecule has 1 aliphatic heterocycles. The second kappa shape index (κ2) is 12.1. The summed E-state index contributed by atoms with van der Waals surface area (Å²) in [5.74, 6) is -0.718. The third kappa shape index (κ3) is 6.24. The fourth-order valence-corrected chi connectivity index (χ4v) is 6.58.